The van der Waals surface area contributed by atoms with Crippen molar-refractivity contribution in [3.8, 4) is 0 Å². The van der Waals surface area contributed by atoms with Crippen LogP contribution in [-0.4, -0.2) is 15.8 Å². The van der Waals surface area contributed by atoms with Gasteiger partial charge in [0.2, 0.25) is 0 Å². The number of aryl methyl sites for hydroxylation is 1. The zero-order valence-corrected chi connectivity index (χ0v) is 18.4. The van der Waals surface area contributed by atoms with E-state index in [1.165, 1.54) is 27.7 Å². The minimum Gasteiger partial charge on any atom is -0.345 e. The van der Waals surface area contributed by atoms with Gasteiger partial charge in [-0.3, -0.25) is 4.79 Å². The second kappa shape index (κ2) is 6.53. The molecular weight excluding hydrogens is 414 g/mol. The van der Waals surface area contributed by atoms with E-state index >= 15 is 0 Å². The summed E-state index contributed by atoms with van der Waals surface area (Å²) in [5.41, 5.74) is 8.14. The zero-order chi connectivity index (χ0) is 21.4. The number of fused-ring (bicyclic) bond motifs is 9. The Kier molecular flexibility index (Phi) is 3.71. The highest BCUT2D eigenvalue weighted by Crippen LogP contribution is 2.55. The lowest BCUT2D eigenvalue weighted by Crippen LogP contribution is -2.34. The summed E-state index contributed by atoms with van der Waals surface area (Å²) in [6.07, 6.45) is 0.911. The van der Waals surface area contributed by atoms with Crippen molar-refractivity contribution < 1.29 is 4.79 Å². The number of carbonyl (C=O) groups is 1. The van der Waals surface area contributed by atoms with Crippen molar-refractivity contribution in [2.24, 2.45) is 7.05 Å². The molecule has 1 amide bonds. The Bertz CT molecular complexity index is 1450. The SMILES string of the molecule is Cn1c2c(c3ccccc31)C1=C(C(=O)NC1Sc1ccccc1)N1c3ccccc3CC21. The molecule has 0 aliphatic carbocycles. The molecule has 2 unspecified atom stereocenters. The first-order valence-electron chi connectivity index (χ1n) is 10.9. The van der Waals surface area contributed by atoms with Crippen LogP contribution in [0.5, 0.6) is 0 Å². The van der Waals surface area contributed by atoms with Gasteiger partial charge in [-0.1, -0.05) is 66.4 Å². The van der Waals surface area contributed by atoms with E-state index in [0.717, 1.165) is 28.3 Å². The van der Waals surface area contributed by atoms with Crippen molar-refractivity contribution in [3.63, 3.8) is 0 Å². The highest BCUT2D eigenvalue weighted by molar-refractivity contribution is 8.00. The molecule has 0 radical (unpaired) electrons. The fourth-order valence-electron chi connectivity index (χ4n) is 5.69. The number of hydrogen-bond donors (Lipinski definition) is 1. The lowest BCUT2D eigenvalue weighted by molar-refractivity contribution is -0.116. The molecule has 0 saturated heterocycles. The number of thioether (sulfide) groups is 1. The molecule has 5 heteroatoms. The number of hydrogen-bond acceptors (Lipinski definition) is 3. The fraction of sp³-hybridized carbons (Fsp3) is 0.148. The molecular formula is C27H21N3OS. The first-order valence-corrected chi connectivity index (χ1v) is 11.8. The first-order chi connectivity index (χ1) is 15.7. The molecule has 7 rings (SSSR count). The summed E-state index contributed by atoms with van der Waals surface area (Å²) < 4.78 is 2.34. The molecule has 0 spiro atoms. The lowest BCUT2D eigenvalue weighted by atomic mass is 9.92. The molecule has 1 N–H and O–H groups in total. The van der Waals surface area contributed by atoms with Gasteiger partial charge in [0.05, 0.1) is 6.04 Å². The Hall–Kier alpha value is -3.44. The number of nitrogens with zero attached hydrogens (tertiary/aromatic N) is 2. The largest absolute Gasteiger partial charge is 0.345 e. The van der Waals surface area contributed by atoms with Crippen LogP contribution in [0.3, 0.4) is 0 Å². The molecule has 3 aliphatic rings. The highest BCUT2D eigenvalue weighted by atomic mass is 32.2. The van der Waals surface area contributed by atoms with E-state index in [-0.39, 0.29) is 17.3 Å². The maximum absolute atomic E-state index is 13.5. The summed E-state index contributed by atoms with van der Waals surface area (Å²) in [5, 5.41) is 4.40. The number of anilines is 1. The van der Waals surface area contributed by atoms with Crippen LogP contribution >= 0.6 is 11.8 Å². The Morgan fingerprint density at radius 1 is 0.938 bits per heavy atom. The van der Waals surface area contributed by atoms with E-state index in [1.54, 1.807) is 11.8 Å². The van der Waals surface area contributed by atoms with Crippen LogP contribution in [0.1, 0.15) is 22.9 Å². The van der Waals surface area contributed by atoms with Gasteiger partial charge < -0.3 is 14.8 Å². The van der Waals surface area contributed by atoms with Gasteiger partial charge in [-0.15, -0.1) is 0 Å². The standard InChI is InChI=1S/C27H21N3OS/c1-29-20-14-8-6-12-18(20)22-23-25(26(31)28-27(23)32-17-10-3-2-4-11-17)30-19-13-7-5-9-16(19)15-21(30)24(22)29/h2-14,21,27H,15H2,1H3,(H,28,31). The van der Waals surface area contributed by atoms with E-state index in [9.17, 15) is 4.79 Å². The van der Waals surface area contributed by atoms with Gasteiger partial charge >= 0.3 is 0 Å². The maximum Gasteiger partial charge on any atom is 0.269 e. The average molecular weight is 436 g/mol. The Morgan fingerprint density at radius 3 is 2.56 bits per heavy atom. The van der Waals surface area contributed by atoms with Crippen molar-refractivity contribution in [2.45, 2.75) is 22.7 Å². The third kappa shape index (κ3) is 2.32. The third-order valence-corrected chi connectivity index (χ3v) is 8.08. The van der Waals surface area contributed by atoms with E-state index in [2.05, 4.69) is 82.5 Å². The Morgan fingerprint density at radius 2 is 1.69 bits per heavy atom. The molecule has 4 heterocycles. The van der Waals surface area contributed by atoms with Gasteiger partial charge in [0.25, 0.3) is 5.91 Å². The predicted molar refractivity (Wildman–Crippen MR) is 129 cm³/mol. The van der Waals surface area contributed by atoms with E-state index in [1.807, 2.05) is 18.2 Å². The summed E-state index contributed by atoms with van der Waals surface area (Å²) in [6.45, 7) is 0. The van der Waals surface area contributed by atoms with E-state index in [0.29, 0.717) is 0 Å². The van der Waals surface area contributed by atoms with Crippen LogP contribution in [0.25, 0.3) is 16.5 Å². The van der Waals surface area contributed by atoms with E-state index in [4.69, 9.17) is 0 Å². The van der Waals surface area contributed by atoms with Crippen molar-refractivity contribution in [3.05, 3.63) is 101 Å². The maximum atomic E-state index is 13.5. The Labute approximate surface area is 190 Å². The minimum absolute atomic E-state index is 0.0220. The van der Waals surface area contributed by atoms with Crippen molar-refractivity contribution in [2.75, 3.05) is 4.90 Å². The lowest BCUT2D eigenvalue weighted by Gasteiger charge is -2.34. The number of nitrogens with one attached hydrogen (secondary N) is 1. The number of rotatable bonds is 2. The molecule has 4 aromatic rings. The molecule has 3 aromatic carbocycles. The molecule has 1 aromatic heterocycles. The van der Waals surface area contributed by atoms with Gasteiger partial charge in [0.15, 0.2) is 0 Å². The second-order valence-electron chi connectivity index (χ2n) is 8.60. The van der Waals surface area contributed by atoms with Gasteiger partial charge in [-0.05, 0) is 29.8 Å². The molecule has 0 bridgehead atoms. The molecule has 3 aliphatic heterocycles. The normalized spacial score (nSPS) is 20.8. The van der Waals surface area contributed by atoms with Gasteiger partial charge in [-0.2, -0.15) is 0 Å². The molecule has 156 valence electrons. The third-order valence-electron chi connectivity index (χ3n) is 6.95. The quantitative estimate of drug-likeness (QED) is 0.467. The van der Waals surface area contributed by atoms with Crippen molar-refractivity contribution in [1.29, 1.82) is 0 Å². The minimum atomic E-state index is -0.127. The molecule has 4 nitrogen and oxygen atoms in total. The number of benzene rings is 3. The topological polar surface area (TPSA) is 37.3 Å². The van der Waals surface area contributed by atoms with Crippen LogP contribution in [-0.2, 0) is 18.3 Å². The number of aromatic nitrogens is 1. The van der Waals surface area contributed by atoms with Crippen LogP contribution < -0.4 is 10.2 Å². The van der Waals surface area contributed by atoms with Gasteiger partial charge in [-0.25, -0.2) is 0 Å². The summed E-state index contributed by atoms with van der Waals surface area (Å²) in [7, 11) is 2.16. The number of para-hydroxylation sites is 2. The highest BCUT2D eigenvalue weighted by Gasteiger charge is 2.49. The van der Waals surface area contributed by atoms with Crippen LogP contribution in [0, 0.1) is 0 Å². The van der Waals surface area contributed by atoms with Crippen LogP contribution in [0.15, 0.2) is 89.5 Å². The average Bonchev–Trinajstić information content (AvgIpc) is 3.45. The summed E-state index contributed by atoms with van der Waals surface area (Å²) >= 11 is 1.71. The fourth-order valence-corrected chi connectivity index (χ4v) is 6.79. The van der Waals surface area contributed by atoms with Crippen molar-refractivity contribution >= 4 is 39.8 Å². The summed E-state index contributed by atoms with van der Waals surface area (Å²) in [5.74, 6) is 0.0220. The molecule has 0 fully saturated rings. The number of amides is 1. The first kappa shape index (κ1) is 18.2. The molecule has 32 heavy (non-hydrogen) atoms. The smallest absolute Gasteiger partial charge is 0.269 e. The Balaban J connectivity index is 1.52. The molecule has 0 saturated carbocycles. The zero-order valence-electron chi connectivity index (χ0n) is 17.6. The van der Waals surface area contributed by atoms with Crippen molar-refractivity contribution in [1.82, 2.24) is 9.88 Å². The summed E-state index contributed by atoms with van der Waals surface area (Å²) in [6, 6.07) is 27.6. The number of carbonyl (C=O) groups excluding carboxylic acids is 1. The molecule has 2 atom stereocenters. The van der Waals surface area contributed by atoms with E-state index < -0.39 is 0 Å². The van der Waals surface area contributed by atoms with Crippen LogP contribution in [0.2, 0.25) is 0 Å². The monoisotopic (exact) mass is 435 g/mol. The second-order valence-corrected chi connectivity index (χ2v) is 9.78. The predicted octanol–water partition coefficient (Wildman–Crippen LogP) is 5.26. The van der Waals surface area contributed by atoms with Gasteiger partial charge in [0, 0.05) is 51.8 Å². The van der Waals surface area contributed by atoms with Gasteiger partial charge in [0.1, 0.15) is 11.1 Å². The summed E-state index contributed by atoms with van der Waals surface area (Å²) in [4.78, 5) is 16.9. The van der Waals surface area contributed by atoms with Crippen LogP contribution in [0.4, 0.5) is 5.69 Å².